The second-order valence-corrected chi connectivity index (χ2v) is 4.85. The minimum atomic E-state index is -0.824. The Bertz CT molecular complexity index is 695. The summed E-state index contributed by atoms with van der Waals surface area (Å²) < 4.78 is 10.6. The number of nitrogens with zero attached hydrogens (tertiary/aromatic N) is 2. The van der Waals surface area contributed by atoms with E-state index in [1.807, 2.05) is 6.07 Å². The minimum Gasteiger partial charge on any atom is -0.478 e. The summed E-state index contributed by atoms with van der Waals surface area (Å²) in [6.45, 7) is 1.65. The predicted octanol–water partition coefficient (Wildman–Crippen LogP) is 3.12. The standard InChI is InChI=1S/C16H13ClN2O3/c1-11(22-14-5-3-2-4-13(14)8-18)16(20)21-10-12-6-7-15(17)19-9-12/h2-7,9,11H,10H2,1H3/t11-/m1/s1. The van der Waals surface area contributed by atoms with Crippen LogP contribution in [0.2, 0.25) is 5.15 Å². The summed E-state index contributed by atoms with van der Waals surface area (Å²) in [5.41, 5.74) is 1.09. The maximum Gasteiger partial charge on any atom is 0.347 e. The lowest BCUT2D eigenvalue weighted by Gasteiger charge is -2.14. The number of hydrogen-bond donors (Lipinski definition) is 0. The van der Waals surface area contributed by atoms with Crippen molar-refractivity contribution in [1.82, 2.24) is 4.98 Å². The Morgan fingerprint density at radius 2 is 2.14 bits per heavy atom. The van der Waals surface area contributed by atoms with Crippen LogP contribution in [0, 0.1) is 11.3 Å². The highest BCUT2D eigenvalue weighted by atomic mass is 35.5. The minimum absolute atomic E-state index is 0.0800. The predicted molar refractivity (Wildman–Crippen MR) is 80.3 cm³/mol. The fourth-order valence-corrected chi connectivity index (χ4v) is 1.78. The zero-order chi connectivity index (χ0) is 15.9. The summed E-state index contributed by atoms with van der Waals surface area (Å²) >= 11 is 5.68. The molecule has 1 heterocycles. The molecule has 2 rings (SSSR count). The van der Waals surface area contributed by atoms with Crippen LogP contribution < -0.4 is 4.74 Å². The second kappa shape index (κ2) is 7.43. The van der Waals surface area contributed by atoms with Gasteiger partial charge in [-0.15, -0.1) is 0 Å². The van der Waals surface area contributed by atoms with Gasteiger partial charge in [0.05, 0.1) is 5.56 Å². The van der Waals surface area contributed by atoms with Gasteiger partial charge >= 0.3 is 5.97 Å². The summed E-state index contributed by atoms with van der Waals surface area (Å²) in [6.07, 6.45) is 0.710. The number of ether oxygens (including phenoxy) is 2. The highest BCUT2D eigenvalue weighted by molar-refractivity contribution is 6.29. The molecule has 1 aromatic heterocycles. The van der Waals surface area contributed by atoms with E-state index in [4.69, 9.17) is 26.3 Å². The summed E-state index contributed by atoms with van der Waals surface area (Å²) in [5, 5.41) is 9.36. The van der Waals surface area contributed by atoms with Crippen LogP contribution in [0.5, 0.6) is 5.75 Å². The van der Waals surface area contributed by atoms with E-state index in [1.54, 1.807) is 43.3 Å². The molecule has 0 N–H and O–H groups in total. The molecule has 0 saturated heterocycles. The smallest absolute Gasteiger partial charge is 0.347 e. The summed E-state index contributed by atoms with van der Waals surface area (Å²) in [5.74, 6) is -0.176. The quantitative estimate of drug-likeness (QED) is 0.626. The van der Waals surface area contributed by atoms with Crippen molar-refractivity contribution in [2.75, 3.05) is 0 Å². The van der Waals surface area contributed by atoms with E-state index in [9.17, 15) is 4.79 Å². The van der Waals surface area contributed by atoms with Gasteiger partial charge in [0.2, 0.25) is 0 Å². The molecule has 0 amide bonds. The van der Waals surface area contributed by atoms with Gasteiger partial charge in [-0.1, -0.05) is 29.8 Å². The van der Waals surface area contributed by atoms with Crippen LogP contribution in [0.25, 0.3) is 0 Å². The van der Waals surface area contributed by atoms with Gasteiger partial charge in [-0.3, -0.25) is 0 Å². The van der Waals surface area contributed by atoms with Crippen molar-refractivity contribution in [3.63, 3.8) is 0 Å². The average molecular weight is 317 g/mol. The first-order chi connectivity index (χ1) is 10.6. The van der Waals surface area contributed by atoms with Crippen LogP contribution in [-0.2, 0) is 16.1 Å². The Hall–Kier alpha value is -2.58. The highest BCUT2D eigenvalue weighted by Gasteiger charge is 2.18. The van der Waals surface area contributed by atoms with Crippen LogP contribution in [0.15, 0.2) is 42.6 Å². The lowest BCUT2D eigenvalue weighted by molar-refractivity contribution is -0.152. The Labute approximate surface area is 133 Å². The Balaban J connectivity index is 1.92. The van der Waals surface area contributed by atoms with Gasteiger partial charge in [-0.2, -0.15) is 5.26 Å². The number of benzene rings is 1. The van der Waals surface area contributed by atoms with Crippen molar-refractivity contribution in [2.24, 2.45) is 0 Å². The van der Waals surface area contributed by atoms with Gasteiger partial charge in [-0.05, 0) is 25.1 Å². The molecule has 6 heteroatoms. The van der Waals surface area contributed by atoms with Crippen LogP contribution in [0.1, 0.15) is 18.1 Å². The van der Waals surface area contributed by atoms with Gasteiger partial charge in [0, 0.05) is 11.8 Å². The number of carbonyl (C=O) groups is 1. The maximum atomic E-state index is 11.9. The molecule has 1 aromatic carbocycles. The summed E-state index contributed by atoms with van der Waals surface area (Å²) in [7, 11) is 0. The number of pyridine rings is 1. The summed E-state index contributed by atoms with van der Waals surface area (Å²) in [4.78, 5) is 15.8. The summed E-state index contributed by atoms with van der Waals surface area (Å²) in [6, 6.07) is 12.0. The lowest BCUT2D eigenvalue weighted by Crippen LogP contribution is -2.26. The first-order valence-electron chi connectivity index (χ1n) is 6.53. The zero-order valence-corrected chi connectivity index (χ0v) is 12.6. The van der Waals surface area contributed by atoms with Crippen molar-refractivity contribution < 1.29 is 14.3 Å². The van der Waals surface area contributed by atoms with Gasteiger partial charge < -0.3 is 9.47 Å². The number of carbonyl (C=O) groups excluding carboxylic acids is 1. The van der Waals surface area contributed by atoms with Crippen molar-refractivity contribution in [1.29, 1.82) is 5.26 Å². The molecule has 112 valence electrons. The fourth-order valence-electron chi connectivity index (χ4n) is 1.66. The van der Waals surface area contributed by atoms with Crippen LogP contribution in [-0.4, -0.2) is 17.1 Å². The third-order valence-electron chi connectivity index (χ3n) is 2.81. The number of para-hydroxylation sites is 1. The number of aromatic nitrogens is 1. The van der Waals surface area contributed by atoms with Crippen molar-refractivity contribution in [2.45, 2.75) is 19.6 Å². The van der Waals surface area contributed by atoms with E-state index in [2.05, 4.69) is 4.98 Å². The third kappa shape index (κ3) is 4.21. The Morgan fingerprint density at radius 3 is 2.82 bits per heavy atom. The molecule has 2 aromatic rings. The molecule has 0 unspecified atom stereocenters. The molecular formula is C16H13ClN2O3. The normalized spacial score (nSPS) is 11.3. The van der Waals surface area contributed by atoms with Crippen molar-refractivity contribution in [3.05, 3.63) is 58.9 Å². The number of hydrogen-bond acceptors (Lipinski definition) is 5. The molecule has 22 heavy (non-hydrogen) atoms. The molecule has 0 bridgehead atoms. The maximum absolute atomic E-state index is 11.9. The average Bonchev–Trinajstić information content (AvgIpc) is 2.54. The van der Waals surface area contributed by atoms with Gasteiger partial charge in [0.1, 0.15) is 23.6 Å². The van der Waals surface area contributed by atoms with E-state index in [-0.39, 0.29) is 6.61 Å². The first kappa shape index (κ1) is 15.8. The SMILES string of the molecule is C[C@@H](Oc1ccccc1C#N)C(=O)OCc1ccc(Cl)nc1. The first-order valence-corrected chi connectivity index (χ1v) is 6.91. The molecule has 0 radical (unpaired) electrons. The second-order valence-electron chi connectivity index (χ2n) is 4.46. The van der Waals surface area contributed by atoms with Crippen molar-refractivity contribution >= 4 is 17.6 Å². The molecule has 0 saturated carbocycles. The highest BCUT2D eigenvalue weighted by Crippen LogP contribution is 2.18. The van der Waals surface area contributed by atoms with Crippen molar-refractivity contribution in [3.8, 4) is 11.8 Å². The number of nitriles is 1. The molecule has 0 aliphatic heterocycles. The molecule has 0 aliphatic rings. The Kier molecular flexibility index (Phi) is 5.34. The zero-order valence-electron chi connectivity index (χ0n) is 11.8. The number of rotatable bonds is 5. The van der Waals surface area contributed by atoms with Crippen LogP contribution in [0.4, 0.5) is 0 Å². The lowest BCUT2D eigenvalue weighted by atomic mass is 10.2. The van der Waals surface area contributed by atoms with E-state index in [0.717, 1.165) is 5.56 Å². The van der Waals surface area contributed by atoms with Crippen LogP contribution in [0.3, 0.4) is 0 Å². The molecule has 1 atom stereocenters. The van der Waals surface area contributed by atoms with E-state index in [0.29, 0.717) is 16.5 Å². The molecular weight excluding hydrogens is 304 g/mol. The Morgan fingerprint density at radius 1 is 1.36 bits per heavy atom. The largest absolute Gasteiger partial charge is 0.478 e. The van der Waals surface area contributed by atoms with Crippen LogP contribution >= 0.6 is 11.6 Å². The molecule has 5 nitrogen and oxygen atoms in total. The molecule has 0 fully saturated rings. The topological polar surface area (TPSA) is 72.2 Å². The van der Waals surface area contributed by atoms with E-state index < -0.39 is 12.1 Å². The van der Waals surface area contributed by atoms with E-state index >= 15 is 0 Å². The monoisotopic (exact) mass is 316 g/mol. The molecule has 0 spiro atoms. The molecule has 0 aliphatic carbocycles. The van der Waals surface area contributed by atoms with Gasteiger partial charge in [0.15, 0.2) is 6.10 Å². The number of esters is 1. The van der Waals surface area contributed by atoms with E-state index in [1.165, 1.54) is 6.20 Å². The van der Waals surface area contributed by atoms with Gasteiger partial charge in [-0.25, -0.2) is 9.78 Å². The fraction of sp³-hybridized carbons (Fsp3) is 0.188. The third-order valence-corrected chi connectivity index (χ3v) is 3.04. The number of halogens is 1. The van der Waals surface area contributed by atoms with Gasteiger partial charge in [0.25, 0.3) is 0 Å².